The molecule has 2 aromatic carbocycles. The van der Waals surface area contributed by atoms with Gasteiger partial charge in [-0.25, -0.2) is 9.82 Å². The molecule has 0 spiro atoms. The number of amides is 1. The van der Waals surface area contributed by atoms with Crippen LogP contribution in [-0.2, 0) is 11.3 Å². The number of hydrogen-bond donors (Lipinski definition) is 1. The zero-order valence-electron chi connectivity index (χ0n) is 17.1. The second-order valence-electron chi connectivity index (χ2n) is 7.83. The van der Waals surface area contributed by atoms with Gasteiger partial charge in [0.1, 0.15) is 5.82 Å². The molecule has 6 heteroatoms. The highest BCUT2D eigenvalue weighted by Crippen LogP contribution is 2.23. The molecule has 1 saturated heterocycles. The van der Waals surface area contributed by atoms with Crippen molar-refractivity contribution < 1.29 is 9.18 Å². The SMILES string of the molecule is Cc1cc(C)c(C=NNC(=O)C2CCN(Cc3ccc(F)cc3Cl)CC2)c(C)c1. The van der Waals surface area contributed by atoms with E-state index in [1.807, 2.05) is 13.8 Å². The Morgan fingerprint density at radius 3 is 2.48 bits per heavy atom. The number of hydrogen-bond acceptors (Lipinski definition) is 3. The summed E-state index contributed by atoms with van der Waals surface area (Å²) in [6.45, 7) is 8.42. The third-order valence-electron chi connectivity index (χ3n) is 5.47. The molecule has 1 fully saturated rings. The van der Waals surface area contributed by atoms with Crippen LogP contribution in [0.3, 0.4) is 0 Å². The average Bonchev–Trinajstić information content (AvgIpc) is 2.66. The Bertz CT molecular complexity index is 897. The minimum Gasteiger partial charge on any atom is -0.299 e. The largest absolute Gasteiger partial charge is 0.299 e. The molecule has 0 bridgehead atoms. The number of rotatable bonds is 5. The highest BCUT2D eigenvalue weighted by Gasteiger charge is 2.25. The molecule has 0 atom stereocenters. The van der Waals surface area contributed by atoms with Crippen molar-refractivity contribution in [3.8, 4) is 0 Å². The van der Waals surface area contributed by atoms with Crippen molar-refractivity contribution in [1.29, 1.82) is 0 Å². The van der Waals surface area contributed by atoms with Gasteiger partial charge in [0.05, 0.1) is 6.21 Å². The van der Waals surface area contributed by atoms with Crippen LogP contribution in [0.15, 0.2) is 35.4 Å². The van der Waals surface area contributed by atoms with E-state index in [4.69, 9.17) is 11.6 Å². The molecule has 1 aliphatic heterocycles. The van der Waals surface area contributed by atoms with E-state index in [-0.39, 0.29) is 17.6 Å². The molecule has 1 aliphatic rings. The van der Waals surface area contributed by atoms with Crippen molar-refractivity contribution >= 4 is 23.7 Å². The summed E-state index contributed by atoms with van der Waals surface area (Å²) < 4.78 is 13.2. The maximum absolute atomic E-state index is 13.2. The van der Waals surface area contributed by atoms with Gasteiger partial charge in [0, 0.05) is 23.0 Å². The fourth-order valence-electron chi connectivity index (χ4n) is 3.89. The number of aryl methyl sites for hydroxylation is 3. The molecule has 2 aromatic rings. The summed E-state index contributed by atoms with van der Waals surface area (Å²) in [6, 6.07) is 8.71. The molecule has 1 amide bonds. The lowest BCUT2D eigenvalue weighted by Crippen LogP contribution is -2.39. The standard InChI is InChI=1S/C23H27ClFN3O/c1-15-10-16(2)21(17(3)11-15)13-26-27-23(29)18-6-8-28(9-7-18)14-19-4-5-20(25)12-22(19)24/h4-5,10-13,18H,6-9,14H2,1-3H3,(H,27,29). The number of carbonyl (C=O) groups is 1. The van der Waals surface area contributed by atoms with Crippen molar-refractivity contribution in [3.05, 3.63) is 69.0 Å². The van der Waals surface area contributed by atoms with Crippen LogP contribution >= 0.6 is 11.6 Å². The highest BCUT2D eigenvalue weighted by molar-refractivity contribution is 6.31. The number of halogens is 2. The van der Waals surface area contributed by atoms with E-state index in [2.05, 4.69) is 34.5 Å². The lowest BCUT2D eigenvalue weighted by Gasteiger charge is -2.31. The second kappa shape index (κ2) is 9.51. The van der Waals surface area contributed by atoms with Crippen molar-refractivity contribution in [2.75, 3.05) is 13.1 Å². The van der Waals surface area contributed by atoms with E-state index < -0.39 is 0 Å². The van der Waals surface area contributed by atoms with Gasteiger partial charge in [-0.05, 0) is 75.5 Å². The average molecular weight is 416 g/mol. The maximum Gasteiger partial charge on any atom is 0.243 e. The number of piperidine rings is 1. The maximum atomic E-state index is 13.2. The number of nitrogens with one attached hydrogen (secondary N) is 1. The summed E-state index contributed by atoms with van der Waals surface area (Å²) in [5.41, 5.74) is 8.16. The van der Waals surface area contributed by atoms with E-state index in [0.717, 1.165) is 48.2 Å². The number of hydrazone groups is 1. The number of carbonyl (C=O) groups excluding carboxylic acids is 1. The number of nitrogens with zero attached hydrogens (tertiary/aromatic N) is 2. The van der Waals surface area contributed by atoms with Crippen LogP contribution in [0.1, 0.15) is 40.7 Å². The minimum absolute atomic E-state index is 0.0388. The molecule has 1 N–H and O–H groups in total. The molecule has 1 heterocycles. The van der Waals surface area contributed by atoms with Crippen LogP contribution in [0.5, 0.6) is 0 Å². The van der Waals surface area contributed by atoms with Gasteiger partial charge in [-0.2, -0.15) is 5.10 Å². The third kappa shape index (κ3) is 5.64. The first-order valence-electron chi connectivity index (χ1n) is 9.90. The van der Waals surface area contributed by atoms with Crippen LogP contribution in [0.2, 0.25) is 5.02 Å². The molecule has 3 rings (SSSR count). The van der Waals surface area contributed by atoms with Gasteiger partial charge in [0.2, 0.25) is 5.91 Å². The summed E-state index contributed by atoms with van der Waals surface area (Å²) in [6.07, 6.45) is 3.26. The Morgan fingerprint density at radius 1 is 1.21 bits per heavy atom. The van der Waals surface area contributed by atoms with Crippen LogP contribution in [0.25, 0.3) is 0 Å². The Balaban J connectivity index is 1.50. The van der Waals surface area contributed by atoms with Crippen LogP contribution in [0, 0.1) is 32.5 Å². The lowest BCUT2D eigenvalue weighted by molar-refractivity contribution is -0.126. The van der Waals surface area contributed by atoms with Crippen molar-refractivity contribution in [1.82, 2.24) is 10.3 Å². The Kier molecular flexibility index (Phi) is 7.04. The van der Waals surface area contributed by atoms with E-state index in [9.17, 15) is 9.18 Å². The molecule has 0 unspecified atom stereocenters. The summed E-state index contributed by atoms with van der Waals surface area (Å²) in [5, 5.41) is 4.63. The van der Waals surface area contributed by atoms with Gasteiger partial charge in [0.25, 0.3) is 0 Å². The van der Waals surface area contributed by atoms with E-state index in [0.29, 0.717) is 11.6 Å². The molecule has 0 aromatic heterocycles. The molecular weight excluding hydrogens is 389 g/mol. The Hall–Kier alpha value is -2.24. The molecule has 154 valence electrons. The minimum atomic E-state index is -0.328. The van der Waals surface area contributed by atoms with Crippen molar-refractivity contribution in [2.24, 2.45) is 11.0 Å². The van der Waals surface area contributed by atoms with Gasteiger partial charge in [0.15, 0.2) is 0 Å². The third-order valence-corrected chi connectivity index (χ3v) is 5.83. The predicted octanol–water partition coefficient (Wildman–Crippen LogP) is 4.77. The number of benzene rings is 2. The summed E-state index contributed by atoms with van der Waals surface area (Å²) in [5.74, 6) is -0.416. The quantitative estimate of drug-likeness (QED) is 0.564. The second-order valence-corrected chi connectivity index (χ2v) is 8.24. The Morgan fingerprint density at radius 2 is 1.86 bits per heavy atom. The molecule has 29 heavy (non-hydrogen) atoms. The fourth-order valence-corrected chi connectivity index (χ4v) is 4.12. The first-order chi connectivity index (χ1) is 13.8. The zero-order chi connectivity index (χ0) is 21.0. The monoisotopic (exact) mass is 415 g/mol. The zero-order valence-corrected chi connectivity index (χ0v) is 17.9. The highest BCUT2D eigenvalue weighted by atomic mass is 35.5. The van der Waals surface area contributed by atoms with Crippen LogP contribution in [0.4, 0.5) is 4.39 Å². The lowest BCUT2D eigenvalue weighted by atomic mass is 9.96. The predicted molar refractivity (Wildman–Crippen MR) is 116 cm³/mol. The van der Waals surface area contributed by atoms with E-state index >= 15 is 0 Å². The normalized spacial score (nSPS) is 15.8. The Labute approximate surface area is 176 Å². The first-order valence-corrected chi connectivity index (χ1v) is 10.3. The van der Waals surface area contributed by atoms with Crippen LogP contribution in [-0.4, -0.2) is 30.1 Å². The van der Waals surface area contributed by atoms with Gasteiger partial charge in [-0.15, -0.1) is 0 Å². The van der Waals surface area contributed by atoms with E-state index in [1.165, 1.54) is 17.7 Å². The van der Waals surface area contributed by atoms with E-state index in [1.54, 1.807) is 12.3 Å². The van der Waals surface area contributed by atoms with Crippen molar-refractivity contribution in [2.45, 2.75) is 40.2 Å². The molecule has 0 saturated carbocycles. The molecule has 0 aliphatic carbocycles. The molecule has 4 nitrogen and oxygen atoms in total. The first kappa shape index (κ1) is 21.5. The topological polar surface area (TPSA) is 44.7 Å². The van der Waals surface area contributed by atoms with Gasteiger partial charge < -0.3 is 0 Å². The smallest absolute Gasteiger partial charge is 0.243 e. The summed E-state index contributed by atoms with van der Waals surface area (Å²) in [4.78, 5) is 14.7. The fraction of sp³-hybridized carbons (Fsp3) is 0.391. The van der Waals surface area contributed by atoms with Gasteiger partial charge in [-0.1, -0.05) is 35.4 Å². The van der Waals surface area contributed by atoms with Crippen molar-refractivity contribution in [3.63, 3.8) is 0 Å². The molecule has 0 radical (unpaired) electrons. The molecular formula is C23H27ClFN3O. The number of likely N-dealkylation sites (tertiary alicyclic amines) is 1. The summed E-state index contributed by atoms with van der Waals surface area (Å²) in [7, 11) is 0. The van der Waals surface area contributed by atoms with Gasteiger partial charge >= 0.3 is 0 Å². The van der Waals surface area contributed by atoms with Gasteiger partial charge in [-0.3, -0.25) is 9.69 Å². The van der Waals surface area contributed by atoms with Crippen LogP contribution < -0.4 is 5.43 Å². The summed E-state index contributed by atoms with van der Waals surface area (Å²) >= 11 is 6.12.